The Kier molecular flexibility index (Phi) is 38.6. The molecule has 7 aromatic rings. The molecule has 6 aliphatic rings. The number of nitrogens with two attached hydrogens (primary N) is 1. The number of carbonyl (C=O) groups is 3. The Balaban J connectivity index is 0.000000243. The molecule has 47 heteroatoms. The van der Waals surface area contributed by atoms with E-state index < -0.39 is 64.4 Å². The number of rotatable bonds is 26. The first-order chi connectivity index (χ1) is 53.0. The summed E-state index contributed by atoms with van der Waals surface area (Å²) in [5.74, 6) is -0.314. The first-order valence-electron chi connectivity index (χ1n) is 34.5. The normalized spacial score (nSPS) is 25.7. The number of aromatic amines is 6. The number of anilines is 1. The second-order valence-corrected chi connectivity index (χ2v) is 25.2. The van der Waals surface area contributed by atoms with E-state index in [0.717, 1.165) is 0 Å². The smallest absolute Gasteiger partial charge is 0.330 e. The molecule has 0 aromatic carbocycles. The molecule has 112 heavy (non-hydrogen) atoms. The van der Waals surface area contributed by atoms with Gasteiger partial charge in [-0.3, -0.25) is 72.8 Å². The minimum atomic E-state index is -0.727. The van der Waals surface area contributed by atoms with Crippen molar-refractivity contribution < 1.29 is 164 Å². The maximum absolute atomic E-state index is 12.2. The van der Waals surface area contributed by atoms with Gasteiger partial charge in [0.05, 0.1) is 95.2 Å². The van der Waals surface area contributed by atoms with E-state index >= 15 is 0 Å². The molecule has 17 atom stereocenters. The molecular weight excluding hydrogens is 1940 g/mol. The van der Waals surface area contributed by atoms with Crippen LogP contribution in [-0.4, -0.2) is 307 Å². The summed E-state index contributed by atoms with van der Waals surface area (Å²) in [5, 5.41) is 11.5. The summed E-state index contributed by atoms with van der Waals surface area (Å²) in [6.45, 7) is 2.57. The van der Waals surface area contributed by atoms with Gasteiger partial charge in [-0.05, 0) is 0 Å². The zero-order valence-electron chi connectivity index (χ0n) is 63.8. The van der Waals surface area contributed by atoms with Crippen molar-refractivity contribution in [2.45, 2.75) is 149 Å². The summed E-state index contributed by atoms with van der Waals surface area (Å²) >= 11 is 0. The Hall–Kier alpha value is -6.88. The second kappa shape index (κ2) is 46.0. The third kappa shape index (κ3) is 23.9. The van der Waals surface area contributed by atoms with Gasteiger partial charge >= 0.3 is 23.1 Å². The van der Waals surface area contributed by atoms with E-state index in [1.807, 2.05) is 0 Å². The van der Waals surface area contributed by atoms with Crippen LogP contribution in [0.25, 0.3) is 33.5 Å². The number of aliphatic hydroxyl groups is 1. The fourth-order valence-electron chi connectivity index (χ4n) is 13.0. The van der Waals surface area contributed by atoms with Crippen molar-refractivity contribution in [1.29, 1.82) is 0 Å². The Bertz CT molecular complexity index is 4540. The van der Waals surface area contributed by atoms with Gasteiger partial charge in [-0.2, -0.15) is 4.98 Å². The van der Waals surface area contributed by atoms with E-state index in [9.17, 15) is 53.1 Å². The SMILES string of the molecule is COCC(O)[C@H](CC=O)OC.COCC1O[C@@H](N2CCC(=O)NC2=O)C[C@@H]1OC.COCC1O[C@@H](n2c(=O)[nH]c3c(=O)[nH]c(N)nc32)C[C@@H]1OC.COCC1O[C@@H](n2ccc(=O)[nH]c2=O)C[C@@H]1OC.COCC1O[C@@H](n2cnc3c(=O)[nH]c(=O)[nH]c32)C[C@@H]1OC.COCC1O[C@@H](n2cnc3c(=O)[nH]cnc32)C[C@@H]1OC.[2HH].[U].[U]. The zero-order valence-corrected chi connectivity index (χ0v) is 72.1. The first-order valence-corrected chi connectivity index (χ1v) is 34.5. The number of nitrogens with zero attached hydrogens (tertiary/aromatic N) is 9. The number of amides is 3. The number of aromatic nitrogens is 14. The predicted octanol–water partition coefficient (Wildman–Crippen LogP) is -2.59. The van der Waals surface area contributed by atoms with Crippen molar-refractivity contribution in [2.75, 3.05) is 137 Å². The minimum absolute atomic E-state index is 0. The van der Waals surface area contributed by atoms with Gasteiger partial charge in [0.25, 0.3) is 22.2 Å². The molecule has 6 unspecified atom stereocenters. The van der Waals surface area contributed by atoms with Crippen molar-refractivity contribution in [3.8, 4) is 0 Å². The number of aliphatic hydroxyl groups excluding tert-OH is 1. The van der Waals surface area contributed by atoms with E-state index in [1.165, 1.54) is 53.2 Å². The Morgan fingerprint density at radius 3 is 1.53 bits per heavy atom. The number of nitrogens with one attached hydrogen (secondary N) is 7. The number of carbonyl (C=O) groups excluding carboxylic acids is 3. The number of H-pyrrole nitrogens is 6. The van der Waals surface area contributed by atoms with Gasteiger partial charge in [-0.1, -0.05) is 0 Å². The van der Waals surface area contributed by atoms with Gasteiger partial charge in [0.15, 0.2) is 27.8 Å². The molecule has 620 valence electrons. The first kappa shape index (κ1) is 94.0. The molecule has 0 aliphatic carbocycles. The molecule has 3 amide bonds. The fourth-order valence-corrected chi connectivity index (χ4v) is 13.0. The number of fused-ring (bicyclic) bond motifs is 3. The molecule has 0 saturated carbocycles. The van der Waals surface area contributed by atoms with Crippen molar-refractivity contribution in [3.05, 3.63) is 104 Å². The number of imide groups is 1. The van der Waals surface area contributed by atoms with Crippen LogP contribution in [0.3, 0.4) is 0 Å². The molecule has 45 nitrogen and oxygen atoms in total. The summed E-state index contributed by atoms with van der Waals surface area (Å²) < 4.78 is 96.8. The molecule has 0 bridgehead atoms. The molecule has 7 aromatic heterocycles. The van der Waals surface area contributed by atoms with E-state index in [2.05, 4.69) is 59.9 Å². The zero-order chi connectivity index (χ0) is 79.9. The predicted molar refractivity (Wildman–Crippen MR) is 383 cm³/mol. The average Bonchev–Trinajstić information content (AvgIpc) is 1.65. The summed E-state index contributed by atoms with van der Waals surface area (Å²) in [6, 6.07) is 0.889. The monoisotopic (exact) mass is 2040 g/mol. The maximum Gasteiger partial charge on any atom is 0.330 e. The number of hydrogen-bond donors (Lipinski definition) is 9. The molecule has 6 aliphatic heterocycles. The topological polar surface area (TPSA) is 555 Å². The van der Waals surface area contributed by atoms with Crippen LogP contribution >= 0.6 is 0 Å². The molecule has 13 heterocycles. The summed E-state index contributed by atoms with van der Waals surface area (Å²) in [6.07, 6.45) is 4.91. The number of hydrogen-bond acceptors (Lipinski definition) is 33. The number of urea groups is 1. The van der Waals surface area contributed by atoms with Gasteiger partial charge in [0.1, 0.15) is 79.7 Å². The molecule has 13 rings (SSSR count). The van der Waals surface area contributed by atoms with Crippen LogP contribution in [0.1, 0.15) is 71.3 Å². The largest absolute Gasteiger partial charge is 0.388 e. The third-order valence-electron chi connectivity index (χ3n) is 18.4. The number of ether oxygens (including phenoxy) is 17. The van der Waals surface area contributed by atoms with Gasteiger partial charge in [0, 0.05) is 213 Å². The third-order valence-corrected chi connectivity index (χ3v) is 18.4. The Morgan fingerprint density at radius 1 is 0.554 bits per heavy atom. The molecule has 0 radical (unpaired) electrons. The molecule has 10 N–H and O–H groups in total. The van der Waals surface area contributed by atoms with Crippen molar-refractivity contribution >= 4 is 57.7 Å². The van der Waals surface area contributed by atoms with Gasteiger partial charge < -0.3 is 101 Å². The van der Waals surface area contributed by atoms with Gasteiger partial charge in [-0.25, -0.2) is 38.7 Å². The van der Waals surface area contributed by atoms with E-state index in [4.69, 9.17) is 81.5 Å². The molecular formula is C65H99N17O28U2. The maximum atomic E-state index is 12.2. The van der Waals surface area contributed by atoms with Crippen LogP contribution in [0, 0.1) is 62.2 Å². The van der Waals surface area contributed by atoms with Crippen molar-refractivity contribution in [1.82, 2.24) is 78.3 Å². The van der Waals surface area contributed by atoms with Crippen LogP contribution in [0.15, 0.2) is 64.8 Å². The number of nitrogen functional groups attached to an aromatic ring is 1. The van der Waals surface area contributed by atoms with E-state index in [-0.39, 0.29) is 190 Å². The van der Waals surface area contributed by atoms with Gasteiger partial charge in [-0.15, -0.1) is 0 Å². The second-order valence-electron chi connectivity index (χ2n) is 25.2. The number of methoxy groups -OCH3 is 12. The summed E-state index contributed by atoms with van der Waals surface area (Å²) in [7, 11) is 18.9. The molecule has 6 fully saturated rings. The van der Waals surface area contributed by atoms with Crippen LogP contribution < -0.4 is 50.4 Å². The quantitative estimate of drug-likeness (QED) is 0.0251. The van der Waals surface area contributed by atoms with E-state index in [0.29, 0.717) is 101 Å². The van der Waals surface area contributed by atoms with Gasteiger partial charge in [0.2, 0.25) is 11.9 Å². The van der Waals surface area contributed by atoms with Crippen molar-refractivity contribution in [2.24, 2.45) is 0 Å². The van der Waals surface area contributed by atoms with Crippen LogP contribution in [0.5, 0.6) is 0 Å². The standard InChI is InChI=1S/C12H17N5O5.C12H16N4O5.C12H16N4O4.C11H18N2O5.C11H16N2O5.C7H14O4.2U.H2/c1-20-4-6-5(21-2)3-7(22-6)17-9-8(14-12(17)19)10(18)16-11(13)15-9;1-19-4-7-6(20-2)3-8(21-7)16-5-13-9-10(16)14-12(18)15-11(9)17;1-18-4-8-7(19-2)3-9(20-8)16-6-15-10-11(16)13-5-14-12(10)17;2*1-16-6-8-7(17-2)5-10(18-8)13-4-3-9(14)12-11(13)15;1-10-5-6(9)7(11-2)3-4-8;;;/h5-7H,3-4H2,1-2H3,(H,14,19)(H3,13,15,16,18);5-8H,3-4H2,1-2H3,(H2,14,15,17,18);5-9H,3-4H2,1-2H3,(H,13,14,17);7-8,10H,3-6H2,1-2H3,(H,12,14,15);3-4,7-8,10H,5-6H2,1-2H3,(H,12,14,15);4,6-7,9H,3,5H2,1-2H3;;;1H/t5-,6?,7+;6-,7?,8+;7-,8?,9+;2*7-,8?,10+;6?,7-;;;/m000000.../s1/i;;;;;;;;1+1. The molecule has 6 saturated heterocycles. The van der Waals surface area contributed by atoms with Crippen LogP contribution in [0.2, 0.25) is 0 Å². The van der Waals surface area contributed by atoms with Crippen LogP contribution in [-0.2, 0) is 90.1 Å². The number of aldehydes is 1. The summed E-state index contributed by atoms with van der Waals surface area (Å²) in [5.41, 5.74) is 3.81. The fraction of sp³-hybridized carbons (Fsp3) is 0.662. The van der Waals surface area contributed by atoms with Crippen molar-refractivity contribution in [3.63, 3.8) is 0 Å². The number of imidazole rings is 3. The van der Waals surface area contributed by atoms with Crippen LogP contribution in [0.4, 0.5) is 10.7 Å². The summed E-state index contributed by atoms with van der Waals surface area (Å²) in [4.78, 5) is 146. The molecule has 0 spiro atoms. The average molecular weight is 2040 g/mol. The van der Waals surface area contributed by atoms with E-state index in [1.54, 1.807) is 86.6 Å². The Labute approximate surface area is 686 Å². The minimum Gasteiger partial charge on any atom is -0.388 e. The Morgan fingerprint density at radius 2 is 1.04 bits per heavy atom.